The van der Waals surface area contributed by atoms with Crippen LogP contribution in [-0.4, -0.2) is 15.0 Å². The molecule has 0 fully saturated rings. The van der Waals surface area contributed by atoms with Crippen LogP contribution >= 0.6 is 0 Å². The molecule has 0 unspecified atom stereocenters. The Morgan fingerprint density at radius 2 is 2.05 bits per heavy atom. The molecule has 0 radical (unpaired) electrons. The second-order valence-electron chi connectivity index (χ2n) is 3.35. The van der Waals surface area contributed by atoms with E-state index in [-0.39, 0.29) is 17.4 Å². The van der Waals surface area contributed by atoms with Crippen LogP contribution in [0.2, 0.25) is 0 Å². The molecule has 19 heavy (non-hydrogen) atoms. The Kier molecular flexibility index (Phi) is 3.47. The van der Waals surface area contributed by atoms with Crippen LogP contribution in [0.5, 0.6) is 11.6 Å². The minimum absolute atomic E-state index is 0.207. The van der Waals surface area contributed by atoms with E-state index in [0.29, 0.717) is 0 Å². The fraction of sp³-hybridized carbons (Fsp3) is 0.100. The third-order valence-corrected chi connectivity index (χ3v) is 1.96. The number of pyridine rings is 1. The van der Waals surface area contributed by atoms with Crippen molar-refractivity contribution in [3.63, 3.8) is 0 Å². The smallest absolute Gasteiger partial charge is 0.437 e. The Hall–Kier alpha value is -2.42. The summed E-state index contributed by atoms with van der Waals surface area (Å²) in [4.78, 5) is 10.2. The summed E-state index contributed by atoms with van der Waals surface area (Å²) in [5.41, 5.74) is 2.02. The lowest BCUT2D eigenvalue weighted by atomic mass is 10.4. The van der Waals surface area contributed by atoms with Gasteiger partial charge in [-0.2, -0.15) is 18.2 Å². The molecule has 0 spiro atoms. The van der Waals surface area contributed by atoms with Crippen molar-refractivity contribution < 1.29 is 17.9 Å². The Morgan fingerprint density at radius 1 is 1.26 bits per heavy atom. The molecule has 3 N–H and O–H groups in total. The maximum absolute atomic E-state index is 12.6. The zero-order chi connectivity index (χ0) is 13.9. The van der Waals surface area contributed by atoms with Gasteiger partial charge < -0.3 is 10.2 Å². The first-order chi connectivity index (χ1) is 8.99. The van der Waals surface area contributed by atoms with Gasteiger partial charge in [-0.1, -0.05) is 0 Å². The SMILES string of the molecule is NNc1cc(Oc2cccnc2)nc(C(F)(F)F)n1. The lowest BCUT2D eigenvalue weighted by Gasteiger charge is -2.10. The van der Waals surface area contributed by atoms with Crippen molar-refractivity contribution in [3.05, 3.63) is 36.4 Å². The van der Waals surface area contributed by atoms with E-state index >= 15 is 0 Å². The van der Waals surface area contributed by atoms with Gasteiger partial charge in [-0.3, -0.25) is 4.98 Å². The topological polar surface area (TPSA) is 86.0 Å². The Labute approximate surface area is 105 Å². The van der Waals surface area contributed by atoms with Gasteiger partial charge in [-0.05, 0) is 12.1 Å². The van der Waals surface area contributed by atoms with Gasteiger partial charge in [0.15, 0.2) is 0 Å². The Morgan fingerprint density at radius 3 is 2.63 bits per heavy atom. The molecule has 100 valence electrons. The highest BCUT2D eigenvalue weighted by molar-refractivity contribution is 5.38. The summed E-state index contributed by atoms with van der Waals surface area (Å²) in [5.74, 6) is 3.45. The molecular formula is C10H8F3N5O. The van der Waals surface area contributed by atoms with Crippen LogP contribution in [0.1, 0.15) is 5.82 Å². The fourth-order valence-electron chi connectivity index (χ4n) is 1.21. The number of aromatic nitrogens is 3. The summed E-state index contributed by atoms with van der Waals surface area (Å²) in [6.07, 6.45) is -1.86. The summed E-state index contributed by atoms with van der Waals surface area (Å²) in [5, 5.41) is 0. The zero-order valence-electron chi connectivity index (χ0n) is 9.35. The average molecular weight is 271 g/mol. The van der Waals surface area contributed by atoms with Crippen LogP contribution in [0.25, 0.3) is 0 Å². The molecule has 0 aliphatic heterocycles. The van der Waals surface area contributed by atoms with Crippen molar-refractivity contribution in [3.8, 4) is 11.6 Å². The maximum atomic E-state index is 12.6. The molecule has 2 aromatic rings. The van der Waals surface area contributed by atoms with Crippen LogP contribution in [0.15, 0.2) is 30.6 Å². The minimum atomic E-state index is -4.69. The van der Waals surface area contributed by atoms with Crippen molar-refractivity contribution in [1.82, 2.24) is 15.0 Å². The second kappa shape index (κ2) is 5.06. The third kappa shape index (κ3) is 3.28. The molecule has 6 nitrogen and oxygen atoms in total. The number of hydrazine groups is 1. The van der Waals surface area contributed by atoms with E-state index in [4.69, 9.17) is 10.6 Å². The van der Waals surface area contributed by atoms with Crippen LogP contribution < -0.4 is 16.0 Å². The van der Waals surface area contributed by atoms with E-state index < -0.39 is 12.0 Å². The number of rotatable bonds is 3. The highest BCUT2D eigenvalue weighted by atomic mass is 19.4. The van der Waals surface area contributed by atoms with Crippen molar-refractivity contribution >= 4 is 5.82 Å². The largest absolute Gasteiger partial charge is 0.451 e. The van der Waals surface area contributed by atoms with Gasteiger partial charge in [0, 0.05) is 12.3 Å². The fourth-order valence-corrected chi connectivity index (χ4v) is 1.21. The van der Waals surface area contributed by atoms with Crippen LogP contribution in [0, 0.1) is 0 Å². The van der Waals surface area contributed by atoms with Crippen LogP contribution in [0.3, 0.4) is 0 Å². The van der Waals surface area contributed by atoms with E-state index in [1.807, 2.05) is 5.43 Å². The number of anilines is 1. The van der Waals surface area contributed by atoms with Gasteiger partial charge in [-0.25, -0.2) is 10.8 Å². The Bertz CT molecular complexity index is 561. The molecular weight excluding hydrogens is 263 g/mol. The number of ether oxygens (including phenoxy) is 1. The highest BCUT2D eigenvalue weighted by Gasteiger charge is 2.35. The number of nitrogens with zero attached hydrogens (tertiary/aromatic N) is 3. The summed E-state index contributed by atoms with van der Waals surface area (Å²) in [6.45, 7) is 0. The predicted octanol–water partition coefficient (Wildman–Crippen LogP) is 1.97. The number of hydrogen-bond donors (Lipinski definition) is 2. The third-order valence-electron chi connectivity index (χ3n) is 1.96. The average Bonchev–Trinajstić information content (AvgIpc) is 2.38. The first-order valence-electron chi connectivity index (χ1n) is 5.00. The molecule has 2 aromatic heterocycles. The molecule has 0 aliphatic carbocycles. The molecule has 0 aromatic carbocycles. The van der Waals surface area contributed by atoms with Crippen LogP contribution in [0.4, 0.5) is 19.0 Å². The number of nitrogen functional groups attached to an aromatic ring is 1. The standard InChI is InChI=1S/C10H8F3N5O/c11-10(12,13)9-16-7(18-14)4-8(17-9)19-6-2-1-3-15-5-6/h1-5H,14H2,(H,16,17,18). The number of alkyl halides is 3. The van der Waals surface area contributed by atoms with Crippen molar-refractivity contribution in [2.24, 2.45) is 5.84 Å². The first kappa shape index (κ1) is 13.0. The quantitative estimate of drug-likeness (QED) is 0.655. The van der Waals surface area contributed by atoms with Crippen molar-refractivity contribution in [1.29, 1.82) is 0 Å². The molecule has 0 saturated carbocycles. The van der Waals surface area contributed by atoms with E-state index in [2.05, 4.69) is 15.0 Å². The zero-order valence-corrected chi connectivity index (χ0v) is 9.35. The van der Waals surface area contributed by atoms with Gasteiger partial charge in [0.2, 0.25) is 11.7 Å². The molecule has 2 rings (SSSR count). The summed E-state index contributed by atoms with van der Waals surface area (Å²) >= 11 is 0. The highest BCUT2D eigenvalue weighted by Crippen LogP contribution is 2.29. The normalized spacial score (nSPS) is 11.2. The lowest BCUT2D eigenvalue weighted by Crippen LogP contribution is -2.16. The predicted molar refractivity (Wildman–Crippen MR) is 59.2 cm³/mol. The molecule has 2 heterocycles. The maximum Gasteiger partial charge on any atom is 0.451 e. The summed E-state index contributed by atoms with van der Waals surface area (Å²) in [7, 11) is 0. The second-order valence-corrected chi connectivity index (χ2v) is 3.35. The van der Waals surface area contributed by atoms with E-state index in [1.54, 1.807) is 6.07 Å². The van der Waals surface area contributed by atoms with Gasteiger partial charge in [0.05, 0.1) is 6.20 Å². The van der Waals surface area contributed by atoms with Gasteiger partial charge >= 0.3 is 6.18 Å². The van der Waals surface area contributed by atoms with E-state index in [1.165, 1.54) is 18.5 Å². The number of hydrogen-bond acceptors (Lipinski definition) is 6. The van der Waals surface area contributed by atoms with E-state index in [0.717, 1.165) is 6.07 Å². The van der Waals surface area contributed by atoms with Gasteiger partial charge in [-0.15, -0.1) is 0 Å². The van der Waals surface area contributed by atoms with Crippen molar-refractivity contribution in [2.45, 2.75) is 6.18 Å². The van der Waals surface area contributed by atoms with Crippen LogP contribution in [-0.2, 0) is 6.18 Å². The summed E-state index contributed by atoms with van der Waals surface area (Å²) in [6, 6.07) is 4.24. The van der Waals surface area contributed by atoms with Crippen molar-refractivity contribution in [2.75, 3.05) is 5.43 Å². The molecule has 0 aliphatic rings. The number of halogens is 3. The van der Waals surface area contributed by atoms with E-state index in [9.17, 15) is 13.2 Å². The van der Waals surface area contributed by atoms with Gasteiger partial charge in [0.1, 0.15) is 11.6 Å². The monoisotopic (exact) mass is 271 g/mol. The molecule has 0 bridgehead atoms. The Balaban J connectivity index is 2.35. The van der Waals surface area contributed by atoms with Gasteiger partial charge in [0.25, 0.3) is 0 Å². The number of nitrogens with one attached hydrogen (secondary N) is 1. The molecule has 0 amide bonds. The summed E-state index contributed by atoms with van der Waals surface area (Å²) < 4.78 is 42.8. The number of nitrogens with two attached hydrogens (primary N) is 1. The lowest BCUT2D eigenvalue weighted by molar-refractivity contribution is -0.145. The molecule has 9 heteroatoms. The first-order valence-corrected chi connectivity index (χ1v) is 5.00. The molecule has 0 saturated heterocycles. The molecule has 0 atom stereocenters. The minimum Gasteiger partial charge on any atom is -0.437 e.